The van der Waals surface area contributed by atoms with Crippen molar-refractivity contribution in [2.24, 2.45) is 0 Å². The molecule has 0 heterocycles. The first-order chi connectivity index (χ1) is 13.9. The van der Waals surface area contributed by atoms with Gasteiger partial charge in [0.1, 0.15) is 5.75 Å². The van der Waals surface area contributed by atoms with Gasteiger partial charge in [0.2, 0.25) is 0 Å². The van der Waals surface area contributed by atoms with Gasteiger partial charge >= 0.3 is 6.03 Å². The molecule has 7 nitrogen and oxygen atoms in total. The van der Waals surface area contributed by atoms with Crippen LogP contribution in [0, 0.1) is 0 Å². The Morgan fingerprint density at radius 1 is 0.793 bits per heavy atom. The molecule has 0 atom stereocenters. The molecule has 150 valence electrons. The lowest BCUT2D eigenvalue weighted by Gasteiger charge is -2.10. The number of amides is 2. The van der Waals surface area contributed by atoms with Gasteiger partial charge in [-0.05, 0) is 72.8 Å². The van der Waals surface area contributed by atoms with E-state index in [0.29, 0.717) is 27.8 Å². The predicted molar refractivity (Wildman–Crippen MR) is 114 cm³/mol. The second kappa shape index (κ2) is 8.85. The molecule has 0 saturated carbocycles. The smallest absolute Gasteiger partial charge is 0.323 e. The highest BCUT2D eigenvalue weighted by molar-refractivity contribution is 7.92. The number of hydrogen-bond donors (Lipinski definition) is 3. The summed E-state index contributed by atoms with van der Waals surface area (Å²) in [6, 6.07) is 18.5. The fourth-order valence-electron chi connectivity index (χ4n) is 2.42. The molecule has 9 heteroatoms. The summed E-state index contributed by atoms with van der Waals surface area (Å²) < 4.78 is 32.5. The lowest BCUT2D eigenvalue weighted by molar-refractivity contribution is 0.262. The van der Waals surface area contributed by atoms with Crippen molar-refractivity contribution < 1.29 is 17.9 Å². The monoisotopic (exact) mass is 431 g/mol. The van der Waals surface area contributed by atoms with Gasteiger partial charge in [0.15, 0.2) is 0 Å². The lowest BCUT2D eigenvalue weighted by atomic mass is 10.3. The van der Waals surface area contributed by atoms with E-state index in [1.807, 2.05) is 0 Å². The van der Waals surface area contributed by atoms with Gasteiger partial charge in [0, 0.05) is 22.1 Å². The summed E-state index contributed by atoms with van der Waals surface area (Å²) in [5, 5.41) is 5.85. The third-order valence-electron chi connectivity index (χ3n) is 3.87. The molecule has 0 fully saturated rings. The summed E-state index contributed by atoms with van der Waals surface area (Å²) in [4.78, 5) is 12.1. The van der Waals surface area contributed by atoms with E-state index in [9.17, 15) is 13.2 Å². The number of sulfonamides is 1. The Labute approximate surface area is 173 Å². The van der Waals surface area contributed by atoms with E-state index in [-0.39, 0.29) is 4.90 Å². The number of anilines is 3. The van der Waals surface area contributed by atoms with E-state index in [1.54, 1.807) is 48.5 Å². The Hall–Kier alpha value is -3.23. The van der Waals surface area contributed by atoms with Crippen molar-refractivity contribution in [1.29, 1.82) is 0 Å². The minimum Gasteiger partial charge on any atom is -0.497 e. The number of ether oxygens (including phenoxy) is 1. The van der Waals surface area contributed by atoms with Crippen molar-refractivity contribution in [2.45, 2.75) is 4.90 Å². The number of nitrogens with one attached hydrogen (secondary N) is 3. The molecule has 0 bridgehead atoms. The zero-order valence-corrected chi connectivity index (χ0v) is 16.9. The second-order valence-electron chi connectivity index (χ2n) is 5.94. The first-order valence-electron chi connectivity index (χ1n) is 8.46. The Morgan fingerprint density at radius 2 is 1.28 bits per heavy atom. The Kier molecular flexibility index (Phi) is 6.26. The molecule has 0 radical (unpaired) electrons. The van der Waals surface area contributed by atoms with Crippen LogP contribution in [-0.4, -0.2) is 21.6 Å². The number of carbonyl (C=O) groups is 1. The van der Waals surface area contributed by atoms with E-state index >= 15 is 0 Å². The van der Waals surface area contributed by atoms with Crippen LogP contribution in [0.4, 0.5) is 21.9 Å². The number of halogens is 1. The third kappa shape index (κ3) is 5.63. The highest BCUT2D eigenvalue weighted by atomic mass is 35.5. The Balaban J connectivity index is 1.63. The molecule has 3 N–H and O–H groups in total. The van der Waals surface area contributed by atoms with Crippen LogP contribution in [0.15, 0.2) is 77.7 Å². The maximum absolute atomic E-state index is 12.5. The van der Waals surface area contributed by atoms with Gasteiger partial charge in [-0.3, -0.25) is 4.72 Å². The average molecular weight is 432 g/mol. The van der Waals surface area contributed by atoms with E-state index < -0.39 is 16.1 Å². The van der Waals surface area contributed by atoms with Crippen LogP contribution in [0.5, 0.6) is 5.75 Å². The van der Waals surface area contributed by atoms with Crippen LogP contribution < -0.4 is 20.1 Å². The zero-order valence-electron chi connectivity index (χ0n) is 15.3. The van der Waals surface area contributed by atoms with Crippen molar-refractivity contribution in [3.05, 3.63) is 77.8 Å². The predicted octanol–water partition coefficient (Wildman–Crippen LogP) is 4.79. The van der Waals surface area contributed by atoms with Gasteiger partial charge in [-0.25, -0.2) is 13.2 Å². The number of urea groups is 1. The molecule has 0 saturated heterocycles. The van der Waals surface area contributed by atoms with E-state index in [0.717, 1.165) is 0 Å². The molecule has 3 rings (SSSR count). The van der Waals surface area contributed by atoms with Gasteiger partial charge in [-0.15, -0.1) is 0 Å². The number of carbonyl (C=O) groups excluding carboxylic acids is 1. The molecule has 0 aliphatic carbocycles. The van der Waals surface area contributed by atoms with Crippen LogP contribution in [-0.2, 0) is 10.0 Å². The SMILES string of the molecule is COc1ccc(NS(=O)(=O)c2ccc(NC(=O)Nc3ccc(Cl)cc3)cc2)cc1. The summed E-state index contributed by atoms with van der Waals surface area (Å²) >= 11 is 5.81. The maximum Gasteiger partial charge on any atom is 0.323 e. The fourth-order valence-corrected chi connectivity index (χ4v) is 3.60. The molecule has 2 amide bonds. The zero-order chi connectivity index (χ0) is 20.9. The normalized spacial score (nSPS) is 10.8. The molecule has 0 aromatic heterocycles. The molecular weight excluding hydrogens is 414 g/mol. The van der Waals surface area contributed by atoms with Crippen molar-refractivity contribution in [3.63, 3.8) is 0 Å². The third-order valence-corrected chi connectivity index (χ3v) is 5.52. The first kappa shape index (κ1) is 20.5. The van der Waals surface area contributed by atoms with Crippen LogP contribution in [0.3, 0.4) is 0 Å². The standard InChI is InChI=1S/C20H18ClN3O4S/c1-28-18-10-6-17(7-11-18)24-29(26,27)19-12-8-16(9-13-19)23-20(25)22-15-4-2-14(21)3-5-15/h2-13,24H,1H3,(H2,22,23,25). The van der Waals surface area contributed by atoms with Crippen LogP contribution in [0.1, 0.15) is 0 Å². The number of methoxy groups -OCH3 is 1. The van der Waals surface area contributed by atoms with Gasteiger partial charge in [-0.2, -0.15) is 0 Å². The summed E-state index contributed by atoms with van der Waals surface area (Å²) in [5.41, 5.74) is 1.44. The van der Waals surface area contributed by atoms with E-state index in [1.165, 1.54) is 31.4 Å². The molecule has 3 aromatic carbocycles. The first-order valence-corrected chi connectivity index (χ1v) is 10.3. The summed E-state index contributed by atoms with van der Waals surface area (Å²) in [5.74, 6) is 0.625. The van der Waals surface area contributed by atoms with Crippen molar-refractivity contribution in [2.75, 3.05) is 22.5 Å². The van der Waals surface area contributed by atoms with Crippen molar-refractivity contribution >= 4 is 44.7 Å². The topological polar surface area (TPSA) is 96.5 Å². The minimum atomic E-state index is -3.76. The van der Waals surface area contributed by atoms with Crippen LogP contribution >= 0.6 is 11.6 Å². The summed E-state index contributed by atoms with van der Waals surface area (Å²) in [7, 11) is -2.23. The molecule has 0 unspecified atom stereocenters. The summed E-state index contributed by atoms with van der Waals surface area (Å²) in [6.07, 6.45) is 0. The van der Waals surface area contributed by atoms with Crippen molar-refractivity contribution in [1.82, 2.24) is 0 Å². The average Bonchev–Trinajstić information content (AvgIpc) is 2.70. The van der Waals surface area contributed by atoms with Gasteiger partial charge in [0.05, 0.1) is 12.0 Å². The van der Waals surface area contributed by atoms with Crippen LogP contribution in [0.2, 0.25) is 5.02 Å². The van der Waals surface area contributed by atoms with E-state index in [2.05, 4.69) is 15.4 Å². The van der Waals surface area contributed by atoms with Crippen molar-refractivity contribution in [3.8, 4) is 5.75 Å². The summed E-state index contributed by atoms with van der Waals surface area (Å²) in [6.45, 7) is 0. The maximum atomic E-state index is 12.5. The quantitative estimate of drug-likeness (QED) is 0.522. The second-order valence-corrected chi connectivity index (χ2v) is 8.06. The largest absolute Gasteiger partial charge is 0.497 e. The molecule has 0 spiro atoms. The lowest BCUT2D eigenvalue weighted by Crippen LogP contribution is -2.19. The van der Waals surface area contributed by atoms with E-state index in [4.69, 9.17) is 16.3 Å². The molecule has 0 aliphatic heterocycles. The highest BCUT2D eigenvalue weighted by Gasteiger charge is 2.14. The van der Waals surface area contributed by atoms with Crippen LogP contribution in [0.25, 0.3) is 0 Å². The molecule has 29 heavy (non-hydrogen) atoms. The molecular formula is C20H18ClN3O4S. The molecule has 0 aliphatic rings. The minimum absolute atomic E-state index is 0.0666. The molecule has 3 aromatic rings. The number of rotatable bonds is 6. The highest BCUT2D eigenvalue weighted by Crippen LogP contribution is 2.21. The van der Waals surface area contributed by atoms with Gasteiger partial charge in [-0.1, -0.05) is 11.6 Å². The van der Waals surface area contributed by atoms with Gasteiger partial charge in [0.25, 0.3) is 10.0 Å². The van der Waals surface area contributed by atoms with Gasteiger partial charge < -0.3 is 15.4 Å². The Bertz CT molecular complexity index is 1080. The number of hydrogen-bond acceptors (Lipinski definition) is 4. The number of benzene rings is 3. The Morgan fingerprint density at radius 3 is 1.79 bits per heavy atom. The fraction of sp³-hybridized carbons (Fsp3) is 0.0500.